The number of carbonyl (C=O) groups is 2. The van der Waals surface area contributed by atoms with E-state index in [0.717, 1.165) is 12.1 Å². The Labute approximate surface area is 512 Å². The second-order valence-corrected chi connectivity index (χ2v) is 14.2. The predicted molar refractivity (Wildman–Crippen MR) is 223 cm³/mol. The second-order valence-electron chi connectivity index (χ2n) is 12.8. The normalized spacial score (nSPS) is 10.7. The molecule has 2 heterocycles. The van der Waals surface area contributed by atoms with Gasteiger partial charge in [-0.25, -0.2) is 8.42 Å². The Kier molecular flexibility index (Phi) is 29.9. The first-order chi connectivity index (χ1) is 30.9. The summed E-state index contributed by atoms with van der Waals surface area (Å²) < 4.78 is 58.6. The van der Waals surface area contributed by atoms with Crippen molar-refractivity contribution < 1.29 is 216 Å². The first-order valence-electron chi connectivity index (χ1n) is 19.2. The number of aliphatic hydroxyl groups is 2. The van der Waals surface area contributed by atoms with Gasteiger partial charge in [-0.2, -0.15) is 29.9 Å². The van der Waals surface area contributed by atoms with Crippen LogP contribution in [0.15, 0.2) is 71.6 Å². The quantitative estimate of drug-likeness (QED) is 0.0125. The van der Waals surface area contributed by atoms with Crippen LogP contribution in [0.3, 0.4) is 0 Å². The number of anilines is 10. The van der Waals surface area contributed by atoms with Crippen LogP contribution in [0.4, 0.5) is 58.4 Å². The molecule has 0 aliphatic heterocycles. The molecule has 3 aromatic carbocycles. The fourth-order valence-corrected chi connectivity index (χ4v) is 5.77. The number of carbonyl (C=O) groups excluding carboxylic acids is 2. The van der Waals surface area contributed by atoms with Gasteiger partial charge in [0.15, 0.2) is 0 Å². The van der Waals surface area contributed by atoms with Crippen molar-refractivity contribution in [2.45, 2.75) is 4.90 Å². The van der Waals surface area contributed by atoms with Gasteiger partial charge in [-0.05, 0) is 53.6 Å². The van der Waals surface area contributed by atoms with Crippen LogP contribution in [0.25, 0.3) is 0 Å². The zero-order valence-electron chi connectivity index (χ0n) is 36.8. The summed E-state index contributed by atoms with van der Waals surface area (Å²) in [4.78, 5) is 48.4. The number of hydrogen-bond acceptors (Lipinski definition) is 25. The molecule has 0 aliphatic rings. The Morgan fingerprint density at radius 2 is 0.836 bits per heavy atom. The average Bonchev–Trinajstić information content (AvgIpc) is 3.25. The predicted octanol–water partition coefficient (Wildman–Crippen LogP) is -9.45. The van der Waals surface area contributed by atoms with E-state index < -0.39 is 27.0 Å². The van der Waals surface area contributed by atoms with E-state index in [1.54, 1.807) is 12.1 Å². The standard InChI is InChI=1S/C38H46N12O13S.3K/c51-9-13-62-17-15-60-11-7-39-33-45-35(41-26-5-1-3-24(19-26)31(53)54)49-37(47-33)43-28-21-29(23-30(22-28)64(57,58)59)44-38-48-34(40-8-12-61-16-18-63-14-10-52)46-36(50-38)42-27-6-2-4-25(20-27)32(55)56;;;/h1-6,19-23,51-52H,7-18H2,(H,53,54)(H,55,56)(H,57,58,59)(H3,39,41,43,45,47,49)(H3,40,42,44,46,48,50);;;/q;3*+1/p-3. The number of hydrogen-bond donors (Lipinski definition) is 8. The maximum absolute atomic E-state index is 12.4. The van der Waals surface area contributed by atoms with Gasteiger partial charge < -0.3 is 85.4 Å². The number of rotatable bonds is 29. The second kappa shape index (κ2) is 32.8. The molecular formula is C38H43K3N12O13S. The maximum atomic E-state index is 12.4. The summed E-state index contributed by atoms with van der Waals surface area (Å²) in [6, 6.07) is 14.8. The Morgan fingerprint density at radius 3 is 1.18 bits per heavy atom. The van der Waals surface area contributed by atoms with E-state index in [0.29, 0.717) is 0 Å². The van der Waals surface area contributed by atoms with E-state index in [9.17, 15) is 32.8 Å². The van der Waals surface area contributed by atoms with Gasteiger partial charge in [-0.3, -0.25) is 0 Å². The number of carboxylic acid groups (broad SMARTS) is 2. The summed E-state index contributed by atoms with van der Waals surface area (Å²) in [6.07, 6.45) is 0. The first kappa shape index (κ1) is 61.1. The molecule has 8 N–H and O–H groups in total. The largest absolute Gasteiger partial charge is 1.00 e. The summed E-state index contributed by atoms with van der Waals surface area (Å²) in [7, 11) is -5.08. The van der Waals surface area contributed by atoms with Crippen LogP contribution < -0.4 is 196 Å². The topological polar surface area (TPSA) is 364 Å². The van der Waals surface area contributed by atoms with Crippen molar-refractivity contribution in [1.29, 1.82) is 0 Å². The fraction of sp³-hybridized carbons (Fsp3) is 0.316. The zero-order valence-corrected chi connectivity index (χ0v) is 47.0. The fourth-order valence-electron chi connectivity index (χ4n) is 5.23. The van der Waals surface area contributed by atoms with E-state index in [1.807, 2.05) is 0 Å². The van der Waals surface area contributed by atoms with E-state index >= 15 is 0 Å². The maximum Gasteiger partial charge on any atom is 1.00 e. The number of nitrogens with one attached hydrogen (secondary N) is 6. The third-order valence-corrected chi connectivity index (χ3v) is 8.77. The van der Waals surface area contributed by atoms with Gasteiger partial charge in [-0.15, -0.1) is 0 Å². The molecule has 0 fully saturated rings. The molecule has 2 aromatic heterocycles. The first-order valence-corrected chi connectivity index (χ1v) is 20.6. The van der Waals surface area contributed by atoms with Gasteiger partial charge in [-0.1, -0.05) is 24.3 Å². The van der Waals surface area contributed by atoms with Gasteiger partial charge in [0.05, 0.1) is 82.9 Å². The minimum Gasteiger partial charge on any atom is -0.744 e. The monoisotopic (exact) mass is 1020 g/mol. The third kappa shape index (κ3) is 22.7. The van der Waals surface area contributed by atoms with Crippen molar-refractivity contribution >= 4 is 80.5 Å². The Balaban J connectivity index is 0.00000514. The number of aromatic nitrogens is 6. The van der Waals surface area contributed by atoms with Crippen molar-refractivity contribution in [2.75, 3.05) is 111 Å². The van der Waals surface area contributed by atoms with Crippen molar-refractivity contribution in [3.8, 4) is 0 Å². The number of carboxylic acids is 2. The van der Waals surface area contributed by atoms with Crippen LogP contribution in [0.1, 0.15) is 20.7 Å². The minimum absolute atomic E-state index is 0. The molecule has 0 spiro atoms. The molecule has 0 bridgehead atoms. The summed E-state index contributed by atoms with van der Waals surface area (Å²) in [6.45, 7) is 1.93. The molecule has 0 radical (unpaired) electrons. The Hall–Kier alpha value is -2.00. The minimum atomic E-state index is -5.08. The van der Waals surface area contributed by atoms with E-state index in [-0.39, 0.29) is 303 Å². The molecule has 342 valence electrons. The van der Waals surface area contributed by atoms with E-state index in [2.05, 4.69) is 61.8 Å². The van der Waals surface area contributed by atoms with E-state index in [1.165, 1.54) is 42.5 Å². The van der Waals surface area contributed by atoms with Crippen LogP contribution in [0.5, 0.6) is 0 Å². The molecule has 5 rings (SSSR count). The van der Waals surface area contributed by atoms with Crippen LogP contribution in [-0.4, -0.2) is 144 Å². The van der Waals surface area contributed by atoms with Gasteiger partial charge >= 0.3 is 154 Å². The van der Waals surface area contributed by atoms with Crippen molar-refractivity contribution in [1.82, 2.24) is 29.9 Å². The van der Waals surface area contributed by atoms with Crippen molar-refractivity contribution in [2.24, 2.45) is 0 Å². The zero-order chi connectivity index (χ0) is 45.7. The van der Waals surface area contributed by atoms with Crippen molar-refractivity contribution in [3.05, 3.63) is 77.9 Å². The average molecular weight is 1030 g/mol. The Bertz CT molecular complexity index is 2310. The summed E-state index contributed by atoms with van der Waals surface area (Å²) in [5.41, 5.74) is 0.322. The van der Waals surface area contributed by atoms with E-state index in [4.69, 9.17) is 29.2 Å². The van der Waals surface area contributed by atoms with Gasteiger partial charge in [0.1, 0.15) is 10.1 Å². The number of aliphatic hydroxyl groups excluding tert-OH is 2. The molecule has 5 aromatic rings. The number of ether oxygens (including phenoxy) is 4. The molecule has 0 unspecified atom stereocenters. The molecule has 25 nitrogen and oxygen atoms in total. The molecular weight excluding hydrogens is 982 g/mol. The third-order valence-electron chi connectivity index (χ3n) is 7.96. The SMILES string of the molecule is O=C([O-])c1cccc(Nc2nc(NCCOCCOCCO)nc(Nc3cc(Nc4nc(NCCOCCOCCO)nc(Nc5cccc(C(=O)[O-])c5)n4)cc(S(=O)(=O)[O-])c3)n2)c1.[K+].[K+].[K+]. The molecule has 0 aliphatic carbocycles. The molecule has 29 heteroatoms. The van der Waals surface area contributed by atoms with Gasteiger partial charge in [0, 0.05) is 35.8 Å². The van der Waals surface area contributed by atoms with Crippen LogP contribution in [-0.2, 0) is 29.1 Å². The van der Waals surface area contributed by atoms with Gasteiger partial charge in [0.25, 0.3) is 0 Å². The van der Waals surface area contributed by atoms with Gasteiger partial charge in [0.2, 0.25) is 35.7 Å². The summed E-state index contributed by atoms with van der Waals surface area (Å²) in [5.74, 6) is -3.25. The van der Waals surface area contributed by atoms with Crippen LogP contribution >= 0.6 is 0 Å². The number of benzene rings is 3. The van der Waals surface area contributed by atoms with Crippen LogP contribution in [0, 0.1) is 0 Å². The summed E-state index contributed by atoms with van der Waals surface area (Å²) in [5, 5.41) is 58.2. The molecule has 0 saturated heterocycles. The molecule has 67 heavy (non-hydrogen) atoms. The molecule has 0 amide bonds. The van der Waals surface area contributed by atoms with Crippen molar-refractivity contribution in [3.63, 3.8) is 0 Å². The molecule has 0 atom stereocenters. The number of aromatic carboxylic acids is 2. The summed E-state index contributed by atoms with van der Waals surface area (Å²) >= 11 is 0. The molecule has 0 saturated carbocycles. The Morgan fingerprint density at radius 1 is 0.493 bits per heavy atom. The number of nitrogens with zero attached hydrogens (tertiary/aromatic N) is 6. The van der Waals surface area contributed by atoms with Crippen LogP contribution in [0.2, 0.25) is 0 Å². The smallest absolute Gasteiger partial charge is 0.744 e.